The van der Waals surface area contributed by atoms with E-state index in [-0.39, 0.29) is 0 Å². The van der Waals surface area contributed by atoms with Gasteiger partial charge in [-0.1, -0.05) is 36.4 Å². The quantitative estimate of drug-likeness (QED) is 0.462. The number of rotatable bonds is 5. The van der Waals surface area contributed by atoms with Crippen LogP contribution in [0.1, 0.15) is 16.7 Å². The van der Waals surface area contributed by atoms with Crippen LogP contribution in [0.15, 0.2) is 91.3 Å². The zero-order valence-corrected chi connectivity index (χ0v) is 14.6. The second kappa shape index (κ2) is 8.00. The zero-order valence-electron chi connectivity index (χ0n) is 14.6. The molecule has 28 heavy (non-hydrogen) atoms. The number of aliphatic carboxylic acids is 1. The van der Waals surface area contributed by atoms with Crippen LogP contribution in [0.3, 0.4) is 0 Å². The Morgan fingerprint density at radius 1 is 0.893 bits per heavy atom. The number of aromatic nitrogens is 1. The molecular weight excluding hydrogens is 367 g/mol. The van der Waals surface area contributed by atoms with Gasteiger partial charge < -0.3 is 9.67 Å². The highest BCUT2D eigenvalue weighted by molar-refractivity contribution is 5.84. The van der Waals surface area contributed by atoms with Crippen molar-refractivity contribution in [2.24, 2.45) is 0 Å². The van der Waals surface area contributed by atoms with Crippen LogP contribution in [0.4, 0.5) is 13.2 Å². The van der Waals surface area contributed by atoms with Crippen molar-refractivity contribution in [3.05, 3.63) is 108 Å². The van der Waals surface area contributed by atoms with Crippen LogP contribution in [0.5, 0.6) is 0 Å². The van der Waals surface area contributed by atoms with E-state index in [1.54, 1.807) is 6.08 Å². The van der Waals surface area contributed by atoms with Crippen LogP contribution in [0.2, 0.25) is 0 Å². The maximum absolute atomic E-state index is 12.8. The molecule has 0 spiro atoms. The Hall–Kier alpha value is -3.54. The molecule has 0 aliphatic rings. The van der Waals surface area contributed by atoms with E-state index < -0.39 is 17.7 Å². The Balaban J connectivity index is 1.99. The number of hydrogen-bond acceptors (Lipinski definition) is 1. The van der Waals surface area contributed by atoms with E-state index in [1.807, 2.05) is 53.4 Å². The molecule has 3 aromatic rings. The smallest absolute Gasteiger partial charge is 0.416 e. The number of carbonyl (C=O) groups is 1. The zero-order chi connectivity index (χ0) is 20.1. The Bertz CT molecular complexity index is 997. The minimum atomic E-state index is -4.41. The summed E-state index contributed by atoms with van der Waals surface area (Å²) in [6.07, 6.45) is 3.29. The minimum absolute atomic E-state index is 0.553. The first-order chi connectivity index (χ1) is 13.3. The van der Waals surface area contributed by atoms with E-state index in [2.05, 4.69) is 0 Å². The average Bonchev–Trinajstić information content (AvgIpc) is 3.19. The molecule has 1 aromatic heterocycles. The van der Waals surface area contributed by atoms with Crippen LogP contribution < -0.4 is 0 Å². The van der Waals surface area contributed by atoms with Gasteiger partial charge in [0, 0.05) is 24.2 Å². The fourth-order valence-electron chi connectivity index (χ4n) is 2.74. The summed E-state index contributed by atoms with van der Waals surface area (Å²) < 4.78 is 40.4. The van der Waals surface area contributed by atoms with Gasteiger partial charge in [-0.2, -0.15) is 13.2 Å². The lowest BCUT2D eigenvalue weighted by Crippen LogP contribution is -2.04. The highest BCUT2D eigenvalue weighted by Gasteiger charge is 2.30. The normalized spacial score (nSPS) is 12.5. The van der Waals surface area contributed by atoms with Gasteiger partial charge in [0.15, 0.2) is 0 Å². The van der Waals surface area contributed by atoms with Crippen LogP contribution in [0.25, 0.3) is 11.3 Å². The van der Waals surface area contributed by atoms with E-state index in [0.29, 0.717) is 11.1 Å². The number of carboxylic acid groups (broad SMARTS) is 1. The number of hydrogen-bond donors (Lipinski definition) is 1. The first kappa shape index (κ1) is 19.2. The number of allylic oxidation sites excluding steroid dienone is 2. The van der Waals surface area contributed by atoms with Crippen molar-refractivity contribution in [1.29, 1.82) is 0 Å². The van der Waals surface area contributed by atoms with Gasteiger partial charge in [0.05, 0.1) is 5.56 Å². The molecule has 142 valence electrons. The molecule has 0 bridgehead atoms. The van der Waals surface area contributed by atoms with Gasteiger partial charge >= 0.3 is 12.1 Å². The standard InChI is InChI=1S/C22H16F3NO2/c23-22(24,25)18-10-6-16(7-11-18)20(4-3-5-21(27)28)17-8-12-19(13-9-17)26-14-1-2-15-26/h1-15H,(H,27,28)/b5-3+,20-4+. The average molecular weight is 383 g/mol. The minimum Gasteiger partial charge on any atom is -0.478 e. The van der Waals surface area contributed by atoms with E-state index >= 15 is 0 Å². The van der Waals surface area contributed by atoms with Crippen molar-refractivity contribution < 1.29 is 23.1 Å². The molecule has 3 nitrogen and oxygen atoms in total. The van der Waals surface area contributed by atoms with E-state index in [4.69, 9.17) is 5.11 Å². The summed E-state index contributed by atoms with van der Waals surface area (Å²) >= 11 is 0. The summed E-state index contributed by atoms with van der Waals surface area (Å²) in [4.78, 5) is 10.7. The third kappa shape index (κ3) is 4.59. The molecule has 0 fully saturated rings. The van der Waals surface area contributed by atoms with Crippen LogP contribution in [-0.4, -0.2) is 15.6 Å². The summed E-state index contributed by atoms with van der Waals surface area (Å²) in [6, 6.07) is 16.0. The van der Waals surface area contributed by atoms with Crippen LogP contribution >= 0.6 is 0 Å². The molecule has 0 aliphatic heterocycles. The lowest BCUT2D eigenvalue weighted by Gasteiger charge is -2.12. The van der Waals surface area contributed by atoms with Gasteiger partial charge in [-0.05, 0) is 53.1 Å². The monoisotopic (exact) mass is 383 g/mol. The summed E-state index contributed by atoms with van der Waals surface area (Å²) in [6.45, 7) is 0. The highest BCUT2D eigenvalue weighted by atomic mass is 19.4. The van der Waals surface area contributed by atoms with E-state index in [0.717, 1.165) is 29.5 Å². The van der Waals surface area contributed by atoms with Crippen molar-refractivity contribution in [2.45, 2.75) is 6.18 Å². The molecule has 1 N–H and O–H groups in total. The number of alkyl halides is 3. The SMILES string of the molecule is O=C(O)/C=C/C=C(/c1ccc(-n2cccc2)cc1)c1ccc(C(F)(F)F)cc1. The van der Waals surface area contributed by atoms with Gasteiger partial charge in [-0.25, -0.2) is 4.79 Å². The first-order valence-electron chi connectivity index (χ1n) is 8.37. The predicted molar refractivity (Wildman–Crippen MR) is 101 cm³/mol. The number of carboxylic acids is 1. The second-order valence-electron chi connectivity index (χ2n) is 5.99. The fraction of sp³-hybridized carbons (Fsp3) is 0.0455. The molecule has 1 heterocycles. The molecule has 0 radical (unpaired) electrons. The van der Waals surface area contributed by atoms with E-state index in [9.17, 15) is 18.0 Å². The largest absolute Gasteiger partial charge is 0.478 e. The second-order valence-corrected chi connectivity index (χ2v) is 5.99. The third-order valence-corrected chi connectivity index (χ3v) is 4.11. The molecule has 0 unspecified atom stereocenters. The Morgan fingerprint density at radius 2 is 1.43 bits per heavy atom. The summed E-state index contributed by atoms with van der Waals surface area (Å²) in [7, 11) is 0. The molecule has 0 amide bonds. The molecular formula is C22H16F3NO2. The molecule has 0 saturated carbocycles. The van der Waals surface area contributed by atoms with Crippen molar-refractivity contribution in [1.82, 2.24) is 4.57 Å². The molecule has 6 heteroatoms. The maximum atomic E-state index is 12.8. The van der Waals surface area contributed by atoms with Gasteiger partial charge in [-0.15, -0.1) is 0 Å². The Morgan fingerprint density at radius 3 is 1.93 bits per heavy atom. The van der Waals surface area contributed by atoms with Gasteiger partial charge in [-0.3, -0.25) is 0 Å². The van der Waals surface area contributed by atoms with Crippen molar-refractivity contribution >= 4 is 11.5 Å². The number of benzene rings is 2. The first-order valence-corrected chi connectivity index (χ1v) is 8.37. The topological polar surface area (TPSA) is 42.2 Å². The fourth-order valence-corrected chi connectivity index (χ4v) is 2.74. The number of nitrogens with zero attached hydrogens (tertiary/aromatic N) is 1. The van der Waals surface area contributed by atoms with Crippen molar-refractivity contribution in [3.8, 4) is 5.69 Å². The summed E-state index contributed by atoms with van der Waals surface area (Å²) in [5.74, 6) is -1.11. The van der Waals surface area contributed by atoms with E-state index in [1.165, 1.54) is 18.2 Å². The van der Waals surface area contributed by atoms with Crippen molar-refractivity contribution in [2.75, 3.05) is 0 Å². The van der Waals surface area contributed by atoms with Gasteiger partial charge in [0.25, 0.3) is 0 Å². The van der Waals surface area contributed by atoms with Crippen LogP contribution in [-0.2, 0) is 11.0 Å². The third-order valence-electron chi connectivity index (χ3n) is 4.11. The van der Waals surface area contributed by atoms with Gasteiger partial charge in [0.2, 0.25) is 0 Å². The molecule has 3 rings (SSSR count). The lowest BCUT2D eigenvalue weighted by atomic mass is 9.96. The van der Waals surface area contributed by atoms with Crippen LogP contribution in [0, 0.1) is 0 Å². The summed E-state index contributed by atoms with van der Waals surface area (Å²) in [5.41, 5.74) is 2.12. The molecule has 2 aromatic carbocycles. The predicted octanol–water partition coefficient (Wildman–Crippen LogP) is 5.57. The summed E-state index contributed by atoms with van der Waals surface area (Å²) in [5, 5.41) is 8.79. The molecule has 0 atom stereocenters. The Labute approximate surface area is 159 Å². The highest BCUT2D eigenvalue weighted by Crippen LogP contribution is 2.31. The number of halogens is 3. The lowest BCUT2D eigenvalue weighted by molar-refractivity contribution is -0.137. The molecule has 0 saturated heterocycles. The van der Waals surface area contributed by atoms with Crippen molar-refractivity contribution in [3.63, 3.8) is 0 Å². The maximum Gasteiger partial charge on any atom is 0.416 e. The molecule has 0 aliphatic carbocycles. The Kier molecular flexibility index (Phi) is 5.49. The van der Waals surface area contributed by atoms with Gasteiger partial charge in [0.1, 0.15) is 0 Å².